The van der Waals surface area contributed by atoms with Crippen LogP contribution in [0.4, 0.5) is 0 Å². The van der Waals surface area contributed by atoms with Crippen LogP contribution in [0.5, 0.6) is 0 Å². The minimum atomic E-state index is -0.125. The summed E-state index contributed by atoms with van der Waals surface area (Å²) < 4.78 is 5.55. The lowest BCUT2D eigenvalue weighted by atomic mass is 9.94. The topological polar surface area (TPSA) is 41.5 Å². The van der Waals surface area contributed by atoms with E-state index >= 15 is 0 Å². The van der Waals surface area contributed by atoms with Crippen molar-refractivity contribution in [2.45, 2.75) is 40.2 Å². The van der Waals surface area contributed by atoms with Crippen LogP contribution in [-0.2, 0) is 4.74 Å². The van der Waals surface area contributed by atoms with Gasteiger partial charge in [-0.25, -0.2) is 0 Å². The van der Waals surface area contributed by atoms with Gasteiger partial charge in [0.15, 0.2) is 0 Å². The number of nitrogens with one attached hydrogen (secondary N) is 1. The summed E-state index contributed by atoms with van der Waals surface area (Å²) in [7, 11) is 0. The normalized spacial score (nSPS) is 13.3. The fraction of sp³-hybridized carbons (Fsp3) is 1.00. The van der Waals surface area contributed by atoms with Crippen LogP contribution in [0.2, 0.25) is 0 Å². The molecule has 0 amide bonds. The number of hydrogen-bond donors (Lipinski definition) is 2. The Hall–Kier alpha value is -0.120. The third-order valence-corrected chi connectivity index (χ3v) is 2.12. The molecule has 0 spiro atoms. The van der Waals surface area contributed by atoms with Crippen LogP contribution in [0.3, 0.4) is 0 Å². The smallest absolute Gasteiger partial charge is 0.0750 e. The molecule has 0 saturated heterocycles. The van der Waals surface area contributed by atoms with Gasteiger partial charge >= 0.3 is 0 Å². The van der Waals surface area contributed by atoms with Gasteiger partial charge in [0.2, 0.25) is 0 Å². The first kappa shape index (κ1) is 13.9. The van der Waals surface area contributed by atoms with Gasteiger partial charge in [-0.2, -0.15) is 0 Å². The Bertz CT molecular complexity index is 155. The zero-order valence-corrected chi connectivity index (χ0v) is 10.2. The Kier molecular flexibility index (Phi) is 5.64. The van der Waals surface area contributed by atoms with Crippen LogP contribution in [-0.4, -0.2) is 37.0 Å². The minimum Gasteiger partial charge on any atom is -0.396 e. The van der Waals surface area contributed by atoms with Crippen molar-refractivity contribution in [3.63, 3.8) is 0 Å². The van der Waals surface area contributed by atoms with Crippen LogP contribution in [0.1, 0.15) is 34.6 Å². The molecular weight excluding hydrogens is 178 g/mol. The molecule has 0 rings (SSSR count). The summed E-state index contributed by atoms with van der Waals surface area (Å²) >= 11 is 0. The first-order valence-corrected chi connectivity index (χ1v) is 5.28. The van der Waals surface area contributed by atoms with Gasteiger partial charge in [0.25, 0.3) is 0 Å². The fourth-order valence-electron chi connectivity index (χ4n) is 1.20. The number of hydrogen-bond acceptors (Lipinski definition) is 3. The van der Waals surface area contributed by atoms with E-state index in [1.54, 1.807) is 0 Å². The van der Waals surface area contributed by atoms with Crippen LogP contribution in [0.25, 0.3) is 0 Å². The number of aliphatic hydroxyl groups is 1. The van der Waals surface area contributed by atoms with Gasteiger partial charge in [-0.15, -0.1) is 0 Å². The molecule has 0 aliphatic heterocycles. The molecule has 0 aliphatic rings. The molecule has 2 N–H and O–H groups in total. The first-order valence-electron chi connectivity index (χ1n) is 5.28. The van der Waals surface area contributed by atoms with Gasteiger partial charge in [-0.3, -0.25) is 0 Å². The molecule has 86 valence electrons. The van der Waals surface area contributed by atoms with Crippen molar-refractivity contribution in [1.29, 1.82) is 0 Å². The second kappa shape index (κ2) is 5.69. The molecule has 3 heteroatoms. The van der Waals surface area contributed by atoms with Gasteiger partial charge in [0.1, 0.15) is 0 Å². The predicted octanol–water partition coefficient (Wildman–Crippen LogP) is 1.41. The molecule has 0 bridgehead atoms. The molecule has 0 atom stereocenters. The lowest BCUT2D eigenvalue weighted by Gasteiger charge is -2.28. The summed E-state index contributed by atoms with van der Waals surface area (Å²) in [6.45, 7) is 12.8. The van der Waals surface area contributed by atoms with Crippen molar-refractivity contribution in [2.75, 3.05) is 26.3 Å². The summed E-state index contributed by atoms with van der Waals surface area (Å²) in [6, 6.07) is 0. The molecular formula is C11H25NO2. The average molecular weight is 203 g/mol. The van der Waals surface area contributed by atoms with Gasteiger partial charge in [-0.1, -0.05) is 13.8 Å². The van der Waals surface area contributed by atoms with Crippen molar-refractivity contribution in [2.24, 2.45) is 5.41 Å². The Balaban J connectivity index is 3.73. The summed E-state index contributed by atoms with van der Waals surface area (Å²) in [5, 5.41) is 12.4. The maximum Gasteiger partial charge on any atom is 0.0750 e. The summed E-state index contributed by atoms with van der Waals surface area (Å²) in [6.07, 6.45) is 0. The van der Waals surface area contributed by atoms with E-state index in [4.69, 9.17) is 9.84 Å². The molecule has 0 unspecified atom stereocenters. The van der Waals surface area contributed by atoms with Crippen molar-refractivity contribution in [1.82, 2.24) is 5.32 Å². The Morgan fingerprint density at radius 2 is 1.71 bits per heavy atom. The molecule has 3 nitrogen and oxygen atoms in total. The van der Waals surface area contributed by atoms with E-state index in [2.05, 4.69) is 19.2 Å². The summed E-state index contributed by atoms with van der Waals surface area (Å²) in [4.78, 5) is 0. The quantitative estimate of drug-likeness (QED) is 0.657. The number of ether oxygens (including phenoxy) is 1. The third-order valence-electron chi connectivity index (χ3n) is 2.12. The summed E-state index contributed by atoms with van der Waals surface area (Å²) in [5.41, 5.74) is -0.178. The standard InChI is InChI=1S/C11H25NO2/c1-6-14-11(4,5)8-12-7-10(2,3)9-13/h12-13H,6-9H2,1-5H3. The highest BCUT2D eigenvalue weighted by Gasteiger charge is 2.20. The first-order chi connectivity index (χ1) is 6.33. The second-order valence-electron chi connectivity index (χ2n) is 5.12. The molecule has 0 aliphatic carbocycles. The lowest BCUT2D eigenvalue weighted by Crippen LogP contribution is -2.42. The SMILES string of the molecule is CCOC(C)(C)CNCC(C)(C)CO. The molecule has 14 heavy (non-hydrogen) atoms. The van der Waals surface area contributed by atoms with E-state index in [1.807, 2.05) is 20.8 Å². The molecule has 0 aromatic carbocycles. The van der Waals surface area contributed by atoms with Gasteiger partial charge in [0.05, 0.1) is 5.60 Å². The van der Waals surface area contributed by atoms with Crippen LogP contribution < -0.4 is 5.32 Å². The largest absolute Gasteiger partial charge is 0.396 e. The Labute approximate surface area is 87.8 Å². The predicted molar refractivity (Wildman–Crippen MR) is 59.4 cm³/mol. The second-order valence-corrected chi connectivity index (χ2v) is 5.12. The van der Waals surface area contributed by atoms with E-state index in [0.717, 1.165) is 19.7 Å². The Morgan fingerprint density at radius 1 is 1.14 bits per heavy atom. The van der Waals surface area contributed by atoms with Crippen molar-refractivity contribution in [3.05, 3.63) is 0 Å². The maximum absolute atomic E-state index is 9.06. The molecule has 0 fully saturated rings. The lowest BCUT2D eigenvalue weighted by molar-refractivity contribution is -0.0108. The number of aliphatic hydroxyl groups excluding tert-OH is 1. The zero-order chi connectivity index (χ0) is 11.2. The van der Waals surface area contributed by atoms with E-state index in [-0.39, 0.29) is 17.6 Å². The molecule has 0 aromatic rings. The minimum absolute atomic E-state index is 0.0533. The molecule has 0 aromatic heterocycles. The summed E-state index contributed by atoms with van der Waals surface area (Å²) in [5.74, 6) is 0. The van der Waals surface area contributed by atoms with E-state index in [0.29, 0.717) is 0 Å². The molecule has 0 heterocycles. The van der Waals surface area contributed by atoms with Crippen LogP contribution in [0, 0.1) is 5.41 Å². The monoisotopic (exact) mass is 203 g/mol. The highest BCUT2D eigenvalue weighted by Crippen LogP contribution is 2.12. The van der Waals surface area contributed by atoms with Crippen LogP contribution in [0.15, 0.2) is 0 Å². The Morgan fingerprint density at radius 3 is 2.14 bits per heavy atom. The van der Waals surface area contributed by atoms with Gasteiger partial charge < -0.3 is 15.2 Å². The molecule has 0 radical (unpaired) electrons. The van der Waals surface area contributed by atoms with Crippen molar-refractivity contribution < 1.29 is 9.84 Å². The van der Waals surface area contributed by atoms with Gasteiger partial charge in [0, 0.05) is 31.7 Å². The highest BCUT2D eigenvalue weighted by atomic mass is 16.5. The fourth-order valence-corrected chi connectivity index (χ4v) is 1.20. The maximum atomic E-state index is 9.06. The average Bonchev–Trinajstić information content (AvgIpc) is 2.03. The van der Waals surface area contributed by atoms with E-state index < -0.39 is 0 Å². The highest BCUT2D eigenvalue weighted by molar-refractivity contribution is 4.76. The molecule has 0 saturated carbocycles. The van der Waals surface area contributed by atoms with E-state index in [9.17, 15) is 0 Å². The van der Waals surface area contributed by atoms with E-state index in [1.165, 1.54) is 0 Å². The van der Waals surface area contributed by atoms with Crippen molar-refractivity contribution in [3.8, 4) is 0 Å². The number of rotatable bonds is 7. The third kappa shape index (κ3) is 6.35. The van der Waals surface area contributed by atoms with Gasteiger partial charge in [-0.05, 0) is 20.8 Å². The van der Waals surface area contributed by atoms with Crippen LogP contribution >= 0.6 is 0 Å². The van der Waals surface area contributed by atoms with Crippen molar-refractivity contribution >= 4 is 0 Å². The zero-order valence-electron chi connectivity index (χ0n) is 10.2.